The molecule has 1 aliphatic heterocycles. The van der Waals surface area contributed by atoms with Crippen LogP contribution < -0.4 is 20.3 Å². The first-order valence-corrected chi connectivity index (χ1v) is 9.30. The maximum Gasteiger partial charge on any atom is 0.259 e. The third-order valence-electron chi connectivity index (χ3n) is 4.15. The molecule has 138 valence electrons. The normalized spacial score (nSPS) is 13.5. The molecule has 1 aliphatic rings. The van der Waals surface area contributed by atoms with E-state index in [1.54, 1.807) is 25.1 Å². The van der Waals surface area contributed by atoms with E-state index in [1.807, 2.05) is 24.3 Å². The van der Waals surface area contributed by atoms with Gasteiger partial charge in [-0.2, -0.15) is 0 Å². The number of nitrogens with zero attached hydrogens (tertiary/aromatic N) is 1. The van der Waals surface area contributed by atoms with Gasteiger partial charge in [0.2, 0.25) is 12.7 Å². The van der Waals surface area contributed by atoms with Crippen LogP contribution >= 0.6 is 11.8 Å². The fourth-order valence-corrected chi connectivity index (χ4v) is 3.55. The van der Waals surface area contributed by atoms with Crippen LogP contribution in [-0.2, 0) is 11.3 Å². The Bertz CT molecular complexity index is 1070. The second-order valence-electron chi connectivity index (χ2n) is 6.05. The van der Waals surface area contributed by atoms with E-state index in [2.05, 4.69) is 15.3 Å². The molecular weight excluding hydrogens is 366 g/mol. The van der Waals surface area contributed by atoms with Crippen molar-refractivity contribution in [2.75, 3.05) is 6.79 Å². The molecule has 0 unspecified atom stereocenters. The summed E-state index contributed by atoms with van der Waals surface area (Å²) in [4.78, 5) is 31.7. The number of nitrogens with one attached hydrogen (secondary N) is 2. The average molecular weight is 383 g/mol. The minimum absolute atomic E-state index is 0.145. The number of aromatic nitrogens is 2. The molecule has 27 heavy (non-hydrogen) atoms. The summed E-state index contributed by atoms with van der Waals surface area (Å²) in [6.07, 6.45) is 0. The first-order valence-electron chi connectivity index (χ1n) is 8.42. The molecule has 3 aromatic rings. The van der Waals surface area contributed by atoms with Crippen LogP contribution in [-0.4, -0.2) is 27.9 Å². The quantitative estimate of drug-likeness (QED) is 0.519. The number of para-hydroxylation sites is 1. The van der Waals surface area contributed by atoms with Gasteiger partial charge in [-0.3, -0.25) is 9.59 Å². The molecule has 0 aliphatic carbocycles. The van der Waals surface area contributed by atoms with Gasteiger partial charge in [0.15, 0.2) is 16.7 Å². The van der Waals surface area contributed by atoms with Crippen LogP contribution in [0.1, 0.15) is 12.5 Å². The molecule has 1 amide bonds. The Hall–Kier alpha value is -3.00. The van der Waals surface area contributed by atoms with Gasteiger partial charge in [-0.05, 0) is 36.8 Å². The molecule has 7 nitrogen and oxygen atoms in total. The zero-order valence-corrected chi connectivity index (χ0v) is 15.3. The highest BCUT2D eigenvalue weighted by atomic mass is 32.2. The average Bonchev–Trinajstić information content (AvgIpc) is 3.14. The number of fused-ring (bicyclic) bond motifs is 2. The van der Waals surface area contributed by atoms with Crippen LogP contribution in [0.4, 0.5) is 0 Å². The highest BCUT2D eigenvalue weighted by molar-refractivity contribution is 8.00. The number of ether oxygens (including phenoxy) is 2. The van der Waals surface area contributed by atoms with Crippen molar-refractivity contribution >= 4 is 28.6 Å². The van der Waals surface area contributed by atoms with Gasteiger partial charge in [-0.15, -0.1) is 0 Å². The summed E-state index contributed by atoms with van der Waals surface area (Å²) in [7, 11) is 0. The molecule has 0 bridgehead atoms. The van der Waals surface area contributed by atoms with Crippen LogP contribution in [0.2, 0.25) is 0 Å². The first kappa shape index (κ1) is 17.4. The number of H-pyrrole nitrogens is 1. The lowest BCUT2D eigenvalue weighted by molar-refractivity contribution is -0.120. The first-order chi connectivity index (χ1) is 13.1. The topological polar surface area (TPSA) is 93.3 Å². The standard InChI is InChI=1S/C19H17N3O4S/c1-11(27-19-21-14-5-3-2-4-13(14)18(24)22-19)17(23)20-9-12-6-7-15-16(8-12)26-10-25-15/h2-8,11H,9-10H2,1H3,(H,20,23)(H,21,22,24)/t11-/m0/s1. The van der Waals surface area contributed by atoms with Crippen molar-refractivity contribution in [2.24, 2.45) is 0 Å². The van der Waals surface area contributed by atoms with E-state index in [4.69, 9.17) is 9.47 Å². The second-order valence-corrected chi connectivity index (χ2v) is 7.38. The summed E-state index contributed by atoms with van der Waals surface area (Å²) in [6, 6.07) is 12.7. The van der Waals surface area contributed by atoms with Crippen LogP contribution in [0, 0.1) is 0 Å². The van der Waals surface area contributed by atoms with E-state index in [9.17, 15) is 9.59 Å². The molecule has 1 atom stereocenters. The summed E-state index contributed by atoms with van der Waals surface area (Å²) in [6.45, 7) is 2.37. The third-order valence-corrected chi connectivity index (χ3v) is 5.14. The maximum atomic E-state index is 12.4. The minimum Gasteiger partial charge on any atom is -0.454 e. The number of rotatable bonds is 5. The SMILES string of the molecule is C[C@H](Sc1nc2ccccc2c(=O)[nH]1)C(=O)NCc1ccc2c(c1)OCO2. The van der Waals surface area contributed by atoms with Gasteiger partial charge in [-0.1, -0.05) is 30.0 Å². The Morgan fingerprint density at radius 2 is 2.07 bits per heavy atom. The van der Waals surface area contributed by atoms with Gasteiger partial charge in [0, 0.05) is 6.54 Å². The Morgan fingerprint density at radius 1 is 1.26 bits per heavy atom. The molecule has 4 rings (SSSR count). The van der Waals surface area contributed by atoms with E-state index >= 15 is 0 Å². The van der Waals surface area contributed by atoms with Gasteiger partial charge >= 0.3 is 0 Å². The molecular formula is C19H17N3O4S. The third kappa shape index (κ3) is 3.75. The number of thioether (sulfide) groups is 1. The summed E-state index contributed by atoms with van der Waals surface area (Å²) < 4.78 is 10.6. The zero-order valence-electron chi connectivity index (χ0n) is 14.5. The number of hydrogen-bond donors (Lipinski definition) is 2. The Balaban J connectivity index is 1.40. The van der Waals surface area contributed by atoms with E-state index in [0.717, 1.165) is 5.56 Å². The van der Waals surface area contributed by atoms with Crippen molar-refractivity contribution in [2.45, 2.75) is 23.9 Å². The Kier molecular flexibility index (Phi) is 4.72. The monoisotopic (exact) mass is 383 g/mol. The van der Waals surface area contributed by atoms with Crippen molar-refractivity contribution in [1.82, 2.24) is 15.3 Å². The predicted molar refractivity (Wildman–Crippen MR) is 102 cm³/mol. The molecule has 0 saturated heterocycles. The number of carbonyl (C=O) groups excluding carboxylic acids is 1. The van der Waals surface area contributed by atoms with E-state index in [1.165, 1.54) is 11.8 Å². The summed E-state index contributed by atoms with van der Waals surface area (Å²) >= 11 is 1.21. The maximum absolute atomic E-state index is 12.4. The largest absolute Gasteiger partial charge is 0.454 e. The molecule has 2 N–H and O–H groups in total. The van der Waals surface area contributed by atoms with Crippen LogP contribution in [0.15, 0.2) is 52.4 Å². The van der Waals surface area contributed by atoms with Crippen LogP contribution in [0.3, 0.4) is 0 Å². The smallest absolute Gasteiger partial charge is 0.259 e. The molecule has 0 spiro atoms. The van der Waals surface area contributed by atoms with Gasteiger partial charge in [-0.25, -0.2) is 4.98 Å². The van der Waals surface area contributed by atoms with Crippen molar-refractivity contribution < 1.29 is 14.3 Å². The summed E-state index contributed by atoms with van der Waals surface area (Å²) in [5.41, 5.74) is 1.31. The number of benzene rings is 2. The highest BCUT2D eigenvalue weighted by Crippen LogP contribution is 2.32. The van der Waals surface area contributed by atoms with Crippen molar-refractivity contribution in [3.8, 4) is 11.5 Å². The van der Waals surface area contributed by atoms with Crippen LogP contribution in [0.25, 0.3) is 10.9 Å². The number of hydrogen-bond acceptors (Lipinski definition) is 6. The lowest BCUT2D eigenvalue weighted by atomic mass is 10.2. The van der Waals surface area contributed by atoms with Gasteiger partial charge in [0.1, 0.15) is 0 Å². The summed E-state index contributed by atoms with van der Waals surface area (Å²) in [5.74, 6) is 1.25. The highest BCUT2D eigenvalue weighted by Gasteiger charge is 2.17. The fourth-order valence-electron chi connectivity index (χ4n) is 2.73. The van der Waals surface area contributed by atoms with E-state index < -0.39 is 5.25 Å². The van der Waals surface area contributed by atoms with Gasteiger partial charge in [0.25, 0.3) is 5.56 Å². The Labute approximate surface area is 159 Å². The van der Waals surface area contributed by atoms with Crippen LogP contribution in [0.5, 0.6) is 11.5 Å². The number of amides is 1. The molecule has 0 saturated carbocycles. The molecule has 0 radical (unpaired) electrons. The molecule has 0 fully saturated rings. The predicted octanol–water partition coefficient (Wildman–Crippen LogP) is 2.45. The Morgan fingerprint density at radius 3 is 2.96 bits per heavy atom. The van der Waals surface area contributed by atoms with E-state index in [0.29, 0.717) is 34.1 Å². The van der Waals surface area contributed by atoms with Gasteiger partial charge < -0.3 is 19.8 Å². The number of aromatic amines is 1. The lowest BCUT2D eigenvalue weighted by Crippen LogP contribution is -2.30. The van der Waals surface area contributed by atoms with Crippen molar-refractivity contribution in [3.63, 3.8) is 0 Å². The molecule has 2 aromatic carbocycles. The van der Waals surface area contributed by atoms with E-state index in [-0.39, 0.29) is 18.3 Å². The van der Waals surface area contributed by atoms with Crippen molar-refractivity contribution in [3.05, 3.63) is 58.4 Å². The number of carbonyl (C=O) groups is 1. The zero-order chi connectivity index (χ0) is 18.8. The molecule has 1 aromatic heterocycles. The van der Waals surface area contributed by atoms with Gasteiger partial charge in [0.05, 0.1) is 16.2 Å². The van der Waals surface area contributed by atoms with Crippen molar-refractivity contribution in [1.29, 1.82) is 0 Å². The second kappa shape index (κ2) is 7.32. The molecule has 2 heterocycles. The molecule has 8 heteroatoms. The minimum atomic E-state index is -0.414. The summed E-state index contributed by atoms with van der Waals surface area (Å²) in [5, 5.41) is 3.42. The lowest BCUT2D eigenvalue weighted by Gasteiger charge is -2.12. The fraction of sp³-hybridized carbons (Fsp3) is 0.211.